The molecule has 1 aliphatic carbocycles. The van der Waals surface area contributed by atoms with Crippen molar-refractivity contribution in [3.05, 3.63) is 65.2 Å². The lowest BCUT2D eigenvalue weighted by atomic mass is 9.85. The van der Waals surface area contributed by atoms with E-state index in [1.165, 1.54) is 6.07 Å². The number of halogens is 2. The molecule has 2 unspecified atom stereocenters. The topological polar surface area (TPSA) is 70.2 Å². The highest BCUT2D eigenvalue weighted by Crippen LogP contribution is 2.30. The van der Waals surface area contributed by atoms with Gasteiger partial charge in [-0.05, 0) is 61.7 Å². The zero-order valence-corrected chi connectivity index (χ0v) is 15.9. The Labute approximate surface area is 167 Å². The average molecular weight is 399 g/mol. The van der Waals surface area contributed by atoms with Gasteiger partial charge in [-0.1, -0.05) is 12.1 Å². The number of hydrogen-bond donors (Lipinski definition) is 3. The van der Waals surface area contributed by atoms with Gasteiger partial charge in [-0.2, -0.15) is 0 Å². The van der Waals surface area contributed by atoms with Gasteiger partial charge >= 0.3 is 0 Å². The van der Waals surface area contributed by atoms with E-state index in [9.17, 15) is 18.4 Å². The Bertz CT molecular complexity index is 930. The Balaban J connectivity index is 1.47. The number of carbonyl (C=O) groups excluding carboxylic acids is 2. The Hall–Kier alpha value is -2.80. The third-order valence-corrected chi connectivity index (χ3v) is 5.51. The van der Waals surface area contributed by atoms with Crippen LogP contribution in [0.1, 0.15) is 41.1 Å². The number of piperidine rings is 1. The molecule has 2 atom stereocenters. The van der Waals surface area contributed by atoms with Crippen LogP contribution in [0.2, 0.25) is 0 Å². The molecule has 0 radical (unpaired) electrons. The van der Waals surface area contributed by atoms with E-state index in [0.717, 1.165) is 25.5 Å². The molecule has 5 nitrogen and oxygen atoms in total. The zero-order valence-electron chi connectivity index (χ0n) is 15.9. The van der Waals surface area contributed by atoms with Crippen molar-refractivity contribution in [1.82, 2.24) is 10.6 Å². The molecule has 1 aliphatic heterocycles. The first-order valence-corrected chi connectivity index (χ1v) is 9.89. The van der Waals surface area contributed by atoms with Crippen LogP contribution in [-0.4, -0.2) is 30.9 Å². The van der Waals surface area contributed by atoms with Gasteiger partial charge in [-0.25, -0.2) is 8.78 Å². The van der Waals surface area contributed by atoms with Gasteiger partial charge in [-0.15, -0.1) is 0 Å². The summed E-state index contributed by atoms with van der Waals surface area (Å²) < 4.78 is 27.0. The SMILES string of the molecule is O=C(NC1CNCCC1c1ccc(F)c(F)c1)c1cccc(NC(=O)C2CC2)c1. The van der Waals surface area contributed by atoms with Crippen molar-refractivity contribution in [2.24, 2.45) is 5.92 Å². The normalized spacial score (nSPS) is 21.4. The fourth-order valence-corrected chi connectivity index (χ4v) is 3.73. The predicted molar refractivity (Wildman–Crippen MR) is 106 cm³/mol. The molecule has 2 aromatic carbocycles. The van der Waals surface area contributed by atoms with Crippen LogP contribution in [0.25, 0.3) is 0 Å². The highest BCUT2D eigenvalue weighted by Gasteiger charge is 2.30. The van der Waals surface area contributed by atoms with E-state index in [1.54, 1.807) is 30.3 Å². The quantitative estimate of drug-likeness (QED) is 0.723. The van der Waals surface area contributed by atoms with Gasteiger partial charge in [0.2, 0.25) is 5.91 Å². The molecular weight excluding hydrogens is 376 g/mol. The van der Waals surface area contributed by atoms with E-state index in [4.69, 9.17) is 0 Å². The minimum absolute atomic E-state index is 0.0163. The highest BCUT2D eigenvalue weighted by molar-refractivity contribution is 5.98. The van der Waals surface area contributed by atoms with Crippen molar-refractivity contribution in [2.75, 3.05) is 18.4 Å². The molecule has 2 aliphatic rings. The summed E-state index contributed by atoms with van der Waals surface area (Å²) in [4.78, 5) is 24.8. The molecule has 0 aromatic heterocycles. The third-order valence-electron chi connectivity index (χ3n) is 5.51. The molecule has 0 spiro atoms. The third kappa shape index (κ3) is 4.62. The number of nitrogens with one attached hydrogen (secondary N) is 3. The van der Waals surface area contributed by atoms with Crippen molar-refractivity contribution in [3.63, 3.8) is 0 Å². The minimum atomic E-state index is -0.884. The summed E-state index contributed by atoms with van der Waals surface area (Å²) in [6.07, 6.45) is 2.52. The minimum Gasteiger partial charge on any atom is -0.347 e. The average Bonchev–Trinajstić information content (AvgIpc) is 3.56. The molecule has 152 valence electrons. The van der Waals surface area contributed by atoms with Gasteiger partial charge in [0, 0.05) is 35.7 Å². The Morgan fingerprint density at radius 2 is 1.83 bits per heavy atom. The summed E-state index contributed by atoms with van der Waals surface area (Å²) >= 11 is 0. The van der Waals surface area contributed by atoms with Gasteiger partial charge < -0.3 is 16.0 Å². The monoisotopic (exact) mass is 399 g/mol. The van der Waals surface area contributed by atoms with Crippen LogP contribution in [0.4, 0.5) is 14.5 Å². The summed E-state index contributed by atoms with van der Waals surface area (Å²) in [6.45, 7) is 1.27. The molecule has 4 rings (SSSR count). The fourth-order valence-electron chi connectivity index (χ4n) is 3.73. The van der Waals surface area contributed by atoms with Crippen LogP contribution < -0.4 is 16.0 Å². The summed E-state index contributed by atoms with van der Waals surface area (Å²) in [7, 11) is 0. The molecule has 1 saturated heterocycles. The van der Waals surface area contributed by atoms with E-state index in [2.05, 4.69) is 16.0 Å². The highest BCUT2D eigenvalue weighted by atomic mass is 19.2. The largest absolute Gasteiger partial charge is 0.347 e. The molecule has 2 amide bonds. The lowest BCUT2D eigenvalue weighted by Crippen LogP contribution is -2.50. The van der Waals surface area contributed by atoms with Crippen molar-refractivity contribution < 1.29 is 18.4 Å². The zero-order chi connectivity index (χ0) is 20.4. The summed E-state index contributed by atoms with van der Waals surface area (Å²) in [5.74, 6) is -2.09. The molecule has 2 aromatic rings. The van der Waals surface area contributed by atoms with Crippen LogP contribution in [0.5, 0.6) is 0 Å². The molecular formula is C22H23F2N3O2. The van der Waals surface area contributed by atoms with Gasteiger partial charge in [-0.3, -0.25) is 9.59 Å². The van der Waals surface area contributed by atoms with Crippen molar-refractivity contribution in [2.45, 2.75) is 31.2 Å². The van der Waals surface area contributed by atoms with E-state index in [-0.39, 0.29) is 29.7 Å². The van der Waals surface area contributed by atoms with Crippen LogP contribution in [0.3, 0.4) is 0 Å². The van der Waals surface area contributed by atoms with Crippen molar-refractivity contribution in [3.8, 4) is 0 Å². The molecule has 1 heterocycles. The second-order valence-electron chi connectivity index (χ2n) is 7.70. The van der Waals surface area contributed by atoms with Crippen molar-refractivity contribution >= 4 is 17.5 Å². The smallest absolute Gasteiger partial charge is 0.251 e. The van der Waals surface area contributed by atoms with Gasteiger partial charge in [0.05, 0.1) is 0 Å². The first kappa shape index (κ1) is 19.5. The summed E-state index contributed by atoms with van der Waals surface area (Å²) in [5.41, 5.74) is 1.70. The molecule has 7 heteroatoms. The number of carbonyl (C=O) groups is 2. The van der Waals surface area contributed by atoms with E-state index >= 15 is 0 Å². The lowest BCUT2D eigenvalue weighted by molar-refractivity contribution is -0.117. The standard InChI is InChI=1S/C22H23F2N3O2/c23-18-7-6-14(11-19(18)24)17-8-9-25-12-20(17)27-22(29)15-2-1-3-16(10-15)26-21(28)13-4-5-13/h1-3,6-7,10-11,13,17,20,25H,4-5,8-9,12H2,(H,26,28)(H,27,29). The van der Waals surface area contributed by atoms with E-state index in [1.807, 2.05) is 0 Å². The maximum atomic E-state index is 13.7. The Kier molecular flexibility index (Phi) is 5.58. The molecule has 2 fully saturated rings. The maximum Gasteiger partial charge on any atom is 0.251 e. The predicted octanol–water partition coefficient (Wildman–Crippen LogP) is 3.19. The fraction of sp³-hybridized carbons (Fsp3) is 0.364. The van der Waals surface area contributed by atoms with E-state index < -0.39 is 11.6 Å². The number of rotatable bonds is 5. The van der Waals surface area contributed by atoms with Crippen LogP contribution in [0, 0.1) is 17.6 Å². The molecule has 0 bridgehead atoms. The van der Waals surface area contributed by atoms with Crippen molar-refractivity contribution in [1.29, 1.82) is 0 Å². The Morgan fingerprint density at radius 3 is 2.59 bits per heavy atom. The van der Waals surface area contributed by atoms with Crippen LogP contribution in [0.15, 0.2) is 42.5 Å². The maximum absolute atomic E-state index is 13.7. The first-order chi connectivity index (χ1) is 14.0. The number of hydrogen-bond acceptors (Lipinski definition) is 3. The van der Waals surface area contributed by atoms with Gasteiger partial charge in [0.1, 0.15) is 0 Å². The number of anilines is 1. The lowest BCUT2D eigenvalue weighted by Gasteiger charge is -2.33. The second kappa shape index (κ2) is 8.29. The second-order valence-corrected chi connectivity index (χ2v) is 7.70. The molecule has 1 saturated carbocycles. The van der Waals surface area contributed by atoms with Crippen LogP contribution in [-0.2, 0) is 4.79 Å². The molecule has 29 heavy (non-hydrogen) atoms. The number of benzene rings is 2. The number of amides is 2. The van der Waals surface area contributed by atoms with E-state index in [0.29, 0.717) is 29.8 Å². The van der Waals surface area contributed by atoms with Crippen LogP contribution >= 0.6 is 0 Å². The molecule has 3 N–H and O–H groups in total. The first-order valence-electron chi connectivity index (χ1n) is 9.89. The summed E-state index contributed by atoms with van der Waals surface area (Å²) in [6, 6.07) is 10.5. The Morgan fingerprint density at radius 1 is 1.00 bits per heavy atom. The van der Waals surface area contributed by atoms with Gasteiger partial charge in [0.25, 0.3) is 5.91 Å². The van der Waals surface area contributed by atoms with Gasteiger partial charge in [0.15, 0.2) is 11.6 Å². The summed E-state index contributed by atoms with van der Waals surface area (Å²) in [5, 5.41) is 9.08.